The highest BCUT2D eigenvalue weighted by Crippen LogP contribution is 2.32. The minimum Gasteiger partial charge on any atom is -0.353 e. The minimum atomic E-state index is 0.182. The Labute approximate surface area is 111 Å². The van der Waals surface area contributed by atoms with Gasteiger partial charge in [-0.1, -0.05) is 25.7 Å². The third-order valence-electron chi connectivity index (χ3n) is 5.03. The molecule has 0 aromatic rings. The van der Waals surface area contributed by atoms with Crippen LogP contribution < -0.4 is 11.1 Å². The van der Waals surface area contributed by atoms with Crippen LogP contribution in [0.4, 0.5) is 0 Å². The van der Waals surface area contributed by atoms with Gasteiger partial charge in [0, 0.05) is 12.0 Å². The van der Waals surface area contributed by atoms with E-state index in [1.807, 2.05) is 0 Å². The summed E-state index contributed by atoms with van der Waals surface area (Å²) in [5.41, 5.74) is 5.76. The minimum absolute atomic E-state index is 0.182. The van der Waals surface area contributed by atoms with E-state index in [0.29, 0.717) is 24.4 Å². The summed E-state index contributed by atoms with van der Waals surface area (Å²) < 4.78 is 0. The maximum absolute atomic E-state index is 12.3. The van der Waals surface area contributed by atoms with E-state index in [9.17, 15) is 4.79 Å². The summed E-state index contributed by atoms with van der Waals surface area (Å²) in [5, 5.41) is 3.26. The molecule has 2 saturated carbocycles. The van der Waals surface area contributed by atoms with Gasteiger partial charge in [0.1, 0.15) is 0 Å². The molecule has 2 fully saturated rings. The Kier molecular flexibility index (Phi) is 5.04. The molecule has 0 heterocycles. The van der Waals surface area contributed by atoms with Crippen molar-refractivity contribution in [2.24, 2.45) is 23.5 Å². The average molecular weight is 252 g/mol. The molecule has 0 aromatic carbocycles. The SMILES string of the molecule is CC(NC(=O)[C@@H]1CCC[C@@H]1CN)C1CCCCC1. The molecular formula is C15H28N2O. The Morgan fingerprint density at radius 2 is 1.89 bits per heavy atom. The molecule has 0 bridgehead atoms. The fraction of sp³-hybridized carbons (Fsp3) is 0.933. The van der Waals surface area contributed by atoms with Gasteiger partial charge in [0.15, 0.2) is 0 Å². The average Bonchev–Trinajstić information content (AvgIpc) is 2.88. The van der Waals surface area contributed by atoms with Crippen molar-refractivity contribution in [3.8, 4) is 0 Å². The third kappa shape index (κ3) is 3.25. The van der Waals surface area contributed by atoms with Crippen molar-refractivity contribution in [3.63, 3.8) is 0 Å². The Morgan fingerprint density at radius 1 is 1.17 bits per heavy atom. The molecule has 104 valence electrons. The predicted molar refractivity (Wildman–Crippen MR) is 74.1 cm³/mol. The second kappa shape index (κ2) is 6.55. The monoisotopic (exact) mass is 252 g/mol. The highest BCUT2D eigenvalue weighted by molar-refractivity contribution is 5.79. The zero-order valence-electron chi connectivity index (χ0n) is 11.7. The van der Waals surface area contributed by atoms with Crippen LogP contribution in [0.3, 0.4) is 0 Å². The molecule has 3 heteroatoms. The number of hydrogen-bond acceptors (Lipinski definition) is 2. The maximum atomic E-state index is 12.3. The van der Waals surface area contributed by atoms with E-state index in [0.717, 1.165) is 19.3 Å². The number of nitrogens with one attached hydrogen (secondary N) is 1. The van der Waals surface area contributed by atoms with Crippen molar-refractivity contribution in [3.05, 3.63) is 0 Å². The molecule has 0 aliphatic heterocycles. The van der Waals surface area contributed by atoms with E-state index in [1.54, 1.807) is 0 Å². The standard InChI is InChI=1S/C15H28N2O/c1-11(12-6-3-2-4-7-12)17-15(18)14-9-5-8-13(14)10-16/h11-14H,2-10,16H2,1H3,(H,17,18)/t11?,13-,14-/m1/s1. The van der Waals surface area contributed by atoms with Crippen molar-refractivity contribution in [2.75, 3.05) is 6.54 Å². The Bertz CT molecular complexity index is 274. The number of carbonyl (C=O) groups excluding carboxylic acids is 1. The topological polar surface area (TPSA) is 55.1 Å². The van der Waals surface area contributed by atoms with Gasteiger partial charge in [0.25, 0.3) is 0 Å². The normalized spacial score (nSPS) is 31.2. The number of rotatable bonds is 4. The molecule has 0 radical (unpaired) electrons. The van der Waals surface area contributed by atoms with Crippen molar-refractivity contribution in [2.45, 2.75) is 64.3 Å². The van der Waals surface area contributed by atoms with Gasteiger partial charge in [-0.3, -0.25) is 4.79 Å². The molecule has 0 spiro atoms. The maximum Gasteiger partial charge on any atom is 0.223 e. The molecule has 1 amide bonds. The number of nitrogens with two attached hydrogens (primary N) is 1. The molecule has 0 aromatic heterocycles. The van der Waals surface area contributed by atoms with Crippen LogP contribution in [0.5, 0.6) is 0 Å². The van der Waals surface area contributed by atoms with E-state index < -0.39 is 0 Å². The molecule has 18 heavy (non-hydrogen) atoms. The lowest BCUT2D eigenvalue weighted by molar-refractivity contribution is -0.127. The van der Waals surface area contributed by atoms with Gasteiger partial charge in [0.05, 0.1) is 0 Å². The zero-order valence-corrected chi connectivity index (χ0v) is 11.7. The van der Waals surface area contributed by atoms with Gasteiger partial charge in [-0.2, -0.15) is 0 Å². The van der Waals surface area contributed by atoms with Crippen LogP contribution in [0, 0.1) is 17.8 Å². The van der Waals surface area contributed by atoms with E-state index >= 15 is 0 Å². The summed E-state index contributed by atoms with van der Waals surface area (Å²) in [6.07, 6.45) is 9.93. The van der Waals surface area contributed by atoms with Crippen LogP contribution in [0.1, 0.15) is 58.3 Å². The fourth-order valence-electron chi connectivity index (χ4n) is 3.75. The Balaban J connectivity index is 1.82. The molecule has 3 atom stereocenters. The van der Waals surface area contributed by atoms with E-state index in [4.69, 9.17) is 5.73 Å². The van der Waals surface area contributed by atoms with E-state index in [-0.39, 0.29) is 11.8 Å². The molecule has 1 unspecified atom stereocenters. The second-order valence-electron chi connectivity index (χ2n) is 6.23. The van der Waals surface area contributed by atoms with Crippen LogP contribution in [0.2, 0.25) is 0 Å². The van der Waals surface area contributed by atoms with Crippen molar-refractivity contribution in [1.82, 2.24) is 5.32 Å². The first kappa shape index (κ1) is 13.9. The van der Waals surface area contributed by atoms with Crippen molar-refractivity contribution >= 4 is 5.91 Å². The summed E-state index contributed by atoms with van der Waals surface area (Å²) in [6, 6.07) is 0.344. The summed E-state index contributed by atoms with van der Waals surface area (Å²) >= 11 is 0. The van der Waals surface area contributed by atoms with Gasteiger partial charge in [0.2, 0.25) is 5.91 Å². The first-order valence-electron chi connectivity index (χ1n) is 7.72. The summed E-state index contributed by atoms with van der Waals surface area (Å²) in [5.74, 6) is 1.56. The highest BCUT2D eigenvalue weighted by atomic mass is 16.2. The Hall–Kier alpha value is -0.570. The van der Waals surface area contributed by atoms with Gasteiger partial charge < -0.3 is 11.1 Å². The van der Waals surface area contributed by atoms with Gasteiger partial charge >= 0.3 is 0 Å². The largest absolute Gasteiger partial charge is 0.353 e. The lowest BCUT2D eigenvalue weighted by atomic mass is 9.84. The fourth-order valence-corrected chi connectivity index (χ4v) is 3.75. The van der Waals surface area contributed by atoms with Crippen molar-refractivity contribution < 1.29 is 4.79 Å². The van der Waals surface area contributed by atoms with Crippen LogP contribution in [0.25, 0.3) is 0 Å². The van der Waals surface area contributed by atoms with E-state index in [1.165, 1.54) is 32.1 Å². The molecule has 3 nitrogen and oxygen atoms in total. The lowest BCUT2D eigenvalue weighted by Crippen LogP contribution is -2.43. The van der Waals surface area contributed by atoms with Crippen LogP contribution in [-0.2, 0) is 4.79 Å². The quantitative estimate of drug-likeness (QED) is 0.807. The second-order valence-corrected chi connectivity index (χ2v) is 6.23. The van der Waals surface area contributed by atoms with Crippen LogP contribution in [0.15, 0.2) is 0 Å². The third-order valence-corrected chi connectivity index (χ3v) is 5.03. The summed E-state index contributed by atoms with van der Waals surface area (Å²) in [4.78, 5) is 12.3. The molecule has 3 N–H and O–H groups in total. The molecule has 2 aliphatic rings. The van der Waals surface area contributed by atoms with Gasteiger partial charge in [-0.05, 0) is 51.0 Å². The molecule has 0 saturated heterocycles. The molecule has 2 rings (SSSR count). The Morgan fingerprint density at radius 3 is 2.56 bits per heavy atom. The van der Waals surface area contributed by atoms with Crippen LogP contribution in [-0.4, -0.2) is 18.5 Å². The molecule has 2 aliphatic carbocycles. The van der Waals surface area contributed by atoms with Crippen LogP contribution >= 0.6 is 0 Å². The smallest absolute Gasteiger partial charge is 0.223 e. The first-order chi connectivity index (χ1) is 8.72. The number of hydrogen-bond donors (Lipinski definition) is 2. The van der Waals surface area contributed by atoms with E-state index in [2.05, 4.69) is 12.2 Å². The zero-order chi connectivity index (χ0) is 13.0. The first-order valence-corrected chi connectivity index (χ1v) is 7.72. The number of carbonyl (C=O) groups is 1. The number of amides is 1. The van der Waals surface area contributed by atoms with Crippen molar-refractivity contribution in [1.29, 1.82) is 0 Å². The molecular weight excluding hydrogens is 224 g/mol. The summed E-state index contributed by atoms with van der Waals surface area (Å²) in [7, 11) is 0. The van der Waals surface area contributed by atoms with Gasteiger partial charge in [-0.15, -0.1) is 0 Å². The predicted octanol–water partition coefficient (Wildman–Crippen LogP) is 2.45. The lowest BCUT2D eigenvalue weighted by Gasteiger charge is -2.29. The highest BCUT2D eigenvalue weighted by Gasteiger charge is 2.33. The summed E-state index contributed by atoms with van der Waals surface area (Å²) in [6.45, 7) is 2.84. The van der Waals surface area contributed by atoms with Gasteiger partial charge in [-0.25, -0.2) is 0 Å².